The van der Waals surface area contributed by atoms with Gasteiger partial charge in [-0.15, -0.1) is 0 Å². The molecular formula is C30H56O7. The Hall–Kier alpha value is -1.63. The van der Waals surface area contributed by atoms with Crippen LogP contribution in [-0.2, 0) is 28.6 Å². The molecule has 0 aliphatic rings. The molecule has 0 bridgehead atoms. The first kappa shape index (κ1) is 35.4. The van der Waals surface area contributed by atoms with Crippen molar-refractivity contribution in [1.29, 1.82) is 0 Å². The molecule has 0 aliphatic heterocycles. The van der Waals surface area contributed by atoms with Crippen LogP contribution in [0.25, 0.3) is 0 Å². The lowest BCUT2D eigenvalue weighted by Gasteiger charge is -2.37. The lowest BCUT2D eigenvalue weighted by molar-refractivity contribution is -0.196. The Morgan fingerprint density at radius 1 is 0.514 bits per heavy atom. The van der Waals surface area contributed by atoms with Crippen LogP contribution < -0.4 is 0 Å². The summed E-state index contributed by atoms with van der Waals surface area (Å²) in [6, 6.07) is 0. The Bertz CT molecular complexity index is 650. The Kier molecular flexibility index (Phi) is 15.6. The van der Waals surface area contributed by atoms with Crippen LogP contribution >= 0.6 is 0 Å². The number of carbonyl (C=O) groups excluding carboxylic acids is 3. The minimum atomic E-state index is -2.38. The summed E-state index contributed by atoms with van der Waals surface area (Å²) < 4.78 is 17.6. The van der Waals surface area contributed by atoms with Gasteiger partial charge >= 0.3 is 17.9 Å². The Morgan fingerprint density at radius 2 is 0.784 bits per heavy atom. The predicted octanol–water partition coefficient (Wildman–Crippen LogP) is 7.20. The molecule has 0 fully saturated rings. The number of esters is 3. The van der Waals surface area contributed by atoms with Gasteiger partial charge in [-0.05, 0) is 57.8 Å². The SMILES string of the molecule is CCCC(CC)(CC)OC(=O)CC(O)(CC(=O)OC(CC)(CC)CCC)C(=O)OC(CC)(CC)CCC. The zero-order valence-corrected chi connectivity index (χ0v) is 25.3. The van der Waals surface area contributed by atoms with Crippen LogP contribution in [0.15, 0.2) is 0 Å². The van der Waals surface area contributed by atoms with Crippen LogP contribution in [0.3, 0.4) is 0 Å². The normalized spacial score (nSPS) is 12.8. The van der Waals surface area contributed by atoms with Crippen LogP contribution in [0, 0.1) is 0 Å². The first-order chi connectivity index (χ1) is 17.4. The number of hydrogen-bond donors (Lipinski definition) is 1. The molecule has 0 aliphatic carbocycles. The summed E-state index contributed by atoms with van der Waals surface area (Å²) in [5.74, 6) is -2.41. The highest BCUT2D eigenvalue weighted by molar-refractivity contribution is 5.90. The summed E-state index contributed by atoms with van der Waals surface area (Å²) in [5.41, 5.74) is -4.49. The van der Waals surface area contributed by atoms with Gasteiger partial charge in [-0.25, -0.2) is 4.79 Å². The van der Waals surface area contributed by atoms with Gasteiger partial charge in [0.25, 0.3) is 0 Å². The molecule has 37 heavy (non-hydrogen) atoms. The minimum absolute atomic E-state index is 0.560. The molecule has 0 aromatic heterocycles. The molecule has 0 unspecified atom stereocenters. The Labute approximate surface area is 226 Å². The lowest BCUT2D eigenvalue weighted by atomic mass is 9.89. The smallest absolute Gasteiger partial charge is 0.339 e. The minimum Gasteiger partial charge on any atom is -0.459 e. The number of hydrogen-bond acceptors (Lipinski definition) is 7. The van der Waals surface area contributed by atoms with E-state index in [0.29, 0.717) is 57.8 Å². The van der Waals surface area contributed by atoms with E-state index in [-0.39, 0.29) is 0 Å². The van der Waals surface area contributed by atoms with Gasteiger partial charge in [-0.3, -0.25) is 9.59 Å². The zero-order valence-electron chi connectivity index (χ0n) is 25.3. The molecule has 0 heterocycles. The van der Waals surface area contributed by atoms with Crippen LogP contribution in [0.5, 0.6) is 0 Å². The molecule has 7 heteroatoms. The Morgan fingerprint density at radius 3 is 1.03 bits per heavy atom. The van der Waals surface area contributed by atoms with E-state index >= 15 is 0 Å². The van der Waals surface area contributed by atoms with E-state index in [1.165, 1.54) is 0 Å². The highest BCUT2D eigenvalue weighted by Crippen LogP contribution is 2.34. The van der Waals surface area contributed by atoms with E-state index in [0.717, 1.165) is 19.3 Å². The summed E-state index contributed by atoms with van der Waals surface area (Å²) in [6.45, 7) is 17.7. The third kappa shape index (κ3) is 10.2. The zero-order chi connectivity index (χ0) is 28.8. The first-order valence-corrected chi connectivity index (χ1v) is 14.8. The van der Waals surface area contributed by atoms with Crippen molar-refractivity contribution in [3.05, 3.63) is 0 Å². The maximum Gasteiger partial charge on any atom is 0.339 e. The van der Waals surface area contributed by atoms with Gasteiger partial charge < -0.3 is 19.3 Å². The molecule has 0 radical (unpaired) electrons. The summed E-state index contributed by atoms with van der Waals surface area (Å²) >= 11 is 0. The lowest BCUT2D eigenvalue weighted by Crippen LogP contribution is -2.50. The molecule has 0 amide bonds. The topological polar surface area (TPSA) is 99.1 Å². The fourth-order valence-electron chi connectivity index (χ4n) is 5.29. The molecule has 0 spiro atoms. The van der Waals surface area contributed by atoms with Crippen LogP contribution in [0.2, 0.25) is 0 Å². The highest BCUT2D eigenvalue weighted by Gasteiger charge is 2.48. The monoisotopic (exact) mass is 528 g/mol. The largest absolute Gasteiger partial charge is 0.459 e. The number of ether oxygens (including phenoxy) is 3. The molecular weight excluding hydrogens is 472 g/mol. The summed E-state index contributed by atoms with van der Waals surface area (Å²) in [4.78, 5) is 39.8. The van der Waals surface area contributed by atoms with Crippen molar-refractivity contribution in [2.45, 2.75) is 175 Å². The third-order valence-corrected chi connectivity index (χ3v) is 8.21. The molecule has 0 aromatic carbocycles. The van der Waals surface area contributed by atoms with Gasteiger partial charge in [0.2, 0.25) is 0 Å². The molecule has 7 nitrogen and oxygen atoms in total. The first-order valence-electron chi connectivity index (χ1n) is 14.8. The van der Waals surface area contributed by atoms with Crippen LogP contribution in [0.4, 0.5) is 0 Å². The quantitative estimate of drug-likeness (QED) is 0.132. The number of rotatable bonds is 20. The number of aliphatic hydroxyl groups is 1. The van der Waals surface area contributed by atoms with Crippen LogP contribution in [0.1, 0.15) is 152 Å². The van der Waals surface area contributed by atoms with Crippen molar-refractivity contribution in [1.82, 2.24) is 0 Å². The van der Waals surface area contributed by atoms with E-state index in [9.17, 15) is 19.5 Å². The van der Waals surface area contributed by atoms with Crippen molar-refractivity contribution in [2.24, 2.45) is 0 Å². The van der Waals surface area contributed by atoms with E-state index in [1.54, 1.807) is 0 Å². The molecule has 0 saturated heterocycles. The van der Waals surface area contributed by atoms with Gasteiger partial charge in [-0.1, -0.05) is 81.6 Å². The van der Waals surface area contributed by atoms with Crippen molar-refractivity contribution in [3.63, 3.8) is 0 Å². The molecule has 218 valence electrons. The maximum absolute atomic E-state index is 13.5. The van der Waals surface area contributed by atoms with Crippen molar-refractivity contribution in [3.8, 4) is 0 Å². The molecule has 0 saturated carbocycles. The number of carbonyl (C=O) groups is 3. The second-order valence-electron chi connectivity index (χ2n) is 10.6. The van der Waals surface area contributed by atoms with Gasteiger partial charge in [0.05, 0.1) is 12.8 Å². The van der Waals surface area contributed by atoms with E-state index < -0.39 is 53.2 Å². The molecule has 1 N–H and O–H groups in total. The molecule has 0 aromatic rings. The van der Waals surface area contributed by atoms with Crippen molar-refractivity contribution >= 4 is 17.9 Å². The van der Waals surface area contributed by atoms with E-state index in [1.807, 2.05) is 62.3 Å². The fourth-order valence-corrected chi connectivity index (χ4v) is 5.29. The van der Waals surface area contributed by atoms with Crippen LogP contribution in [-0.4, -0.2) is 45.4 Å². The predicted molar refractivity (Wildman–Crippen MR) is 147 cm³/mol. The Balaban J connectivity index is 6.17. The summed E-state index contributed by atoms with van der Waals surface area (Å²) in [6.07, 6.45) is 6.67. The maximum atomic E-state index is 13.5. The fraction of sp³-hybridized carbons (Fsp3) is 0.900. The van der Waals surface area contributed by atoms with E-state index in [2.05, 4.69) is 0 Å². The standard InChI is InChI=1S/C30H56O7/c1-10-19-27(13-4,14-5)35-24(31)22-30(34,26(33)37-29(17-8,18-9)21-12-3)23-25(32)36-28(15-6,16-7)20-11-2/h34H,10-23H2,1-9H3. The average Bonchev–Trinajstić information content (AvgIpc) is 2.87. The average molecular weight is 529 g/mol. The second kappa shape index (κ2) is 16.4. The van der Waals surface area contributed by atoms with Gasteiger partial charge in [0, 0.05) is 0 Å². The summed E-state index contributed by atoms with van der Waals surface area (Å²) in [5, 5.41) is 11.6. The van der Waals surface area contributed by atoms with Gasteiger partial charge in [-0.2, -0.15) is 0 Å². The van der Waals surface area contributed by atoms with E-state index in [4.69, 9.17) is 14.2 Å². The highest BCUT2D eigenvalue weighted by atomic mass is 16.6. The van der Waals surface area contributed by atoms with Gasteiger partial charge in [0.15, 0.2) is 5.60 Å². The van der Waals surface area contributed by atoms with Gasteiger partial charge in [0.1, 0.15) is 16.8 Å². The second-order valence-corrected chi connectivity index (χ2v) is 10.6. The third-order valence-electron chi connectivity index (χ3n) is 8.21. The molecule has 0 atom stereocenters. The summed E-state index contributed by atoms with van der Waals surface area (Å²) in [7, 11) is 0. The van der Waals surface area contributed by atoms with Crippen molar-refractivity contribution in [2.75, 3.05) is 0 Å². The van der Waals surface area contributed by atoms with Crippen molar-refractivity contribution < 1.29 is 33.7 Å². The molecule has 0 rings (SSSR count).